The number of urea groups is 1. The quantitative estimate of drug-likeness (QED) is 0.892. The lowest BCUT2D eigenvalue weighted by Crippen LogP contribution is -2.44. The van der Waals surface area contributed by atoms with Crippen LogP contribution in [-0.2, 0) is 11.2 Å². The molecule has 130 valence electrons. The van der Waals surface area contributed by atoms with E-state index < -0.39 is 11.4 Å². The maximum Gasteiger partial charge on any atom is 0.317 e. The van der Waals surface area contributed by atoms with Crippen molar-refractivity contribution in [3.63, 3.8) is 0 Å². The first kappa shape index (κ1) is 16.8. The molecule has 1 aromatic rings. The summed E-state index contributed by atoms with van der Waals surface area (Å²) in [5.74, 6) is -0.206. The lowest BCUT2D eigenvalue weighted by molar-refractivity contribution is -0.146. The van der Waals surface area contributed by atoms with Crippen LogP contribution in [0.3, 0.4) is 0 Å². The van der Waals surface area contributed by atoms with Crippen LogP contribution >= 0.6 is 0 Å². The molecule has 0 radical (unpaired) electrons. The molecule has 2 N–H and O–H groups in total. The van der Waals surface area contributed by atoms with E-state index in [-0.39, 0.29) is 12.1 Å². The third kappa shape index (κ3) is 3.71. The molecule has 5 nitrogen and oxygen atoms in total. The number of hydrogen-bond acceptors (Lipinski definition) is 2. The largest absolute Gasteiger partial charge is 0.481 e. The Bertz CT molecular complexity index is 604. The lowest BCUT2D eigenvalue weighted by Gasteiger charge is -2.22. The molecule has 2 amide bonds. The number of aliphatic carboxylic acids is 1. The van der Waals surface area contributed by atoms with Crippen molar-refractivity contribution in [1.29, 1.82) is 0 Å². The number of amides is 2. The Morgan fingerprint density at radius 3 is 2.71 bits per heavy atom. The van der Waals surface area contributed by atoms with E-state index in [1.54, 1.807) is 11.8 Å². The smallest absolute Gasteiger partial charge is 0.317 e. The first-order chi connectivity index (χ1) is 11.5. The fourth-order valence-electron chi connectivity index (χ4n) is 3.91. The minimum Gasteiger partial charge on any atom is -0.481 e. The highest BCUT2D eigenvalue weighted by Gasteiger charge is 2.42. The number of rotatable bonds is 4. The van der Waals surface area contributed by atoms with Crippen LogP contribution in [0.25, 0.3) is 0 Å². The molecule has 3 unspecified atom stereocenters. The second kappa shape index (κ2) is 6.83. The molecule has 0 bridgehead atoms. The van der Waals surface area contributed by atoms with E-state index in [2.05, 4.69) is 29.6 Å². The number of nitrogens with one attached hydrogen (secondary N) is 1. The zero-order valence-corrected chi connectivity index (χ0v) is 14.2. The van der Waals surface area contributed by atoms with Gasteiger partial charge in [-0.15, -0.1) is 0 Å². The molecule has 24 heavy (non-hydrogen) atoms. The van der Waals surface area contributed by atoms with Gasteiger partial charge in [-0.25, -0.2) is 4.79 Å². The average Bonchev–Trinajstić information content (AvgIpc) is 3.16. The molecule has 2 fully saturated rings. The van der Waals surface area contributed by atoms with Crippen molar-refractivity contribution >= 4 is 12.0 Å². The van der Waals surface area contributed by atoms with Crippen molar-refractivity contribution in [1.82, 2.24) is 10.2 Å². The molecule has 1 aliphatic carbocycles. The Morgan fingerprint density at radius 2 is 2.04 bits per heavy atom. The molecule has 1 saturated heterocycles. The predicted octanol–water partition coefficient (Wildman–Crippen LogP) is 2.90. The Hall–Kier alpha value is -2.04. The van der Waals surface area contributed by atoms with Crippen LogP contribution in [0.15, 0.2) is 30.3 Å². The molecular formula is C19H26N2O3. The number of hydrogen-bond donors (Lipinski definition) is 2. The zero-order chi connectivity index (χ0) is 17.2. The van der Waals surface area contributed by atoms with Crippen LogP contribution in [0.2, 0.25) is 0 Å². The Morgan fingerprint density at radius 1 is 1.29 bits per heavy atom. The molecule has 2 aliphatic rings. The molecule has 1 heterocycles. The van der Waals surface area contributed by atoms with Crippen LogP contribution in [0.1, 0.15) is 38.2 Å². The van der Waals surface area contributed by atoms with Crippen molar-refractivity contribution in [2.45, 2.75) is 45.1 Å². The van der Waals surface area contributed by atoms with E-state index in [9.17, 15) is 14.7 Å². The highest BCUT2D eigenvalue weighted by molar-refractivity contribution is 5.79. The number of nitrogens with zero attached hydrogens (tertiary/aromatic N) is 1. The normalized spacial score (nSPS) is 29.6. The number of carboxylic acids is 1. The van der Waals surface area contributed by atoms with Gasteiger partial charge in [0.25, 0.3) is 0 Å². The summed E-state index contributed by atoms with van der Waals surface area (Å²) in [5.41, 5.74) is 0.550. The van der Waals surface area contributed by atoms with E-state index in [0.29, 0.717) is 25.4 Å². The summed E-state index contributed by atoms with van der Waals surface area (Å²) in [6.07, 6.45) is 4.73. The summed E-state index contributed by atoms with van der Waals surface area (Å²) in [6, 6.07) is 10.6. The molecule has 0 aromatic heterocycles. The van der Waals surface area contributed by atoms with Crippen LogP contribution in [0.5, 0.6) is 0 Å². The van der Waals surface area contributed by atoms with Crippen LogP contribution in [-0.4, -0.2) is 41.1 Å². The Kier molecular flexibility index (Phi) is 4.78. The predicted molar refractivity (Wildman–Crippen MR) is 91.7 cm³/mol. The first-order valence-corrected chi connectivity index (χ1v) is 8.79. The summed E-state index contributed by atoms with van der Waals surface area (Å²) in [5, 5.41) is 12.4. The second-order valence-corrected chi connectivity index (χ2v) is 7.55. The van der Waals surface area contributed by atoms with E-state index in [0.717, 1.165) is 25.7 Å². The zero-order valence-electron chi connectivity index (χ0n) is 14.2. The molecule has 1 aromatic carbocycles. The van der Waals surface area contributed by atoms with Crippen molar-refractivity contribution in [2.24, 2.45) is 11.3 Å². The van der Waals surface area contributed by atoms with Crippen LogP contribution in [0, 0.1) is 11.3 Å². The van der Waals surface area contributed by atoms with E-state index in [1.165, 1.54) is 5.56 Å². The van der Waals surface area contributed by atoms with Gasteiger partial charge in [-0.05, 0) is 50.5 Å². The van der Waals surface area contributed by atoms with Crippen molar-refractivity contribution < 1.29 is 14.7 Å². The van der Waals surface area contributed by atoms with Crippen LogP contribution in [0.4, 0.5) is 4.79 Å². The lowest BCUT2D eigenvalue weighted by atomic mass is 9.90. The van der Waals surface area contributed by atoms with E-state index in [4.69, 9.17) is 0 Å². The van der Waals surface area contributed by atoms with Gasteiger partial charge in [-0.2, -0.15) is 0 Å². The van der Waals surface area contributed by atoms with Gasteiger partial charge in [-0.1, -0.05) is 30.3 Å². The Balaban J connectivity index is 1.47. The summed E-state index contributed by atoms with van der Waals surface area (Å²) >= 11 is 0. The highest BCUT2D eigenvalue weighted by Crippen LogP contribution is 2.31. The van der Waals surface area contributed by atoms with Gasteiger partial charge in [0.1, 0.15) is 0 Å². The SMILES string of the molecule is CC1(C(=O)O)CCN(C(=O)NC2CCC(Cc3ccccc3)C2)C1. The summed E-state index contributed by atoms with van der Waals surface area (Å²) in [4.78, 5) is 25.3. The van der Waals surface area contributed by atoms with Gasteiger partial charge >= 0.3 is 12.0 Å². The minimum absolute atomic E-state index is 0.106. The summed E-state index contributed by atoms with van der Waals surface area (Å²) < 4.78 is 0. The number of carbonyl (C=O) groups excluding carboxylic acids is 1. The fraction of sp³-hybridized carbons (Fsp3) is 0.579. The van der Waals surface area contributed by atoms with Gasteiger partial charge in [0.05, 0.1) is 5.41 Å². The second-order valence-electron chi connectivity index (χ2n) is 7.55. The molecule has 1 aliphatic heterocycles. The van der Waals surface area contributed by atoms with Gasteiger partial charge in [0.2, 0.25) is 0 Å². The third-order valence-electron chi connectivity index (χ3n) is 5.51. The van der Waals surface area contributed by atoms with Gasteiger partial charge in [-0.3, -0.25) is 4.79 Å². The summed E-state index contributed by atoms with van der Waals surface area (Å²) in [7, 11) is 0. The number of carbonyl (C=O) groups is 2. The topological polar surface area (TPSA) is 69.6 Å². The number of likely N-dealkylation sites (tertiary alicyclic amines) is 1. The van der Waals surface area contributed by atoms with Gasteiger partial charge < -0.3 is 15.3 Å². The maximum absolute atomic E-state index is 12.4. The first-order valence-electron chi connectivity index (χ1n) is 8.79. The summed E-state index contributed by atoms with van der Waals surface area (Å²) in [6.45, 7) is 2.54. The van der Waals surface area contributed by atoms with E-state index >= 15 is 0 Å². The monoisotopic (exact) mass is 330 g/mol. The third-order valence-corrected chi connectivity index (χ3v) is 5.51. The van der Waals surface area contributed by atoms with Crippen molar-refractivity contribution in [3.8, 4) is 0 Å². The van der Waals surface area contributed by atoms with Gasteiger partial charge in [0, 0.05) is 19.1 Å². The molecule has 1 saturated carbocycles. The molecule has 0 spiro atoms. The van der Waals surface area contributed by atoms with Crippen molar-refractivity contribution in [2.75, 3.05) is 13.1 Å². The molecule has 5 heteroatoms. The fourth-order valence-corrected chi connectivity index (χ4v) is 3.91. The number of benzene rings is 1. The number of carboxylic acid groups (broad SMARTS) is 1. The van der Waals surface area contributed by atoms with Crippen LogP contribution < -0.4 is 5.32 Å². The average molecular weight is 330 g/mol. The molecule has 3 atom stereocenters. The minimum atomic E-state index is -0.818. The standard InChI is InChI=1S/C19H26N2O3/c1-19(17(22)23)9-10-21(13-19)18(24)20-16-8-7-15(12-16)11-14-5-3-2-4-6-14/h2-6,15-16H,7-13H2,1H3,(H,20,24)(H,22,23). The Labute approximate surface area is 143 Å². The maximum atomic E-state index is 12.4. The molecule has 3 rings (SSSR count). The van der Waals surface area contributed by atoms with E-state index in [1.807, 2.05) is 6.07 Å². The van der Waals surface area contributed by atoms with Crippen molar-refractivity contribution in [3.05, 3.63) is 35.9 Å². The highest BCUT2D eigenvalue weighted by atomic mass is 16.4. The van der Waals surface area contributed by atoms with Gasteiger partial charge in [0.15, 0.2) is 0 Å². The molecular weight excluding hydrogens is 304 g/mol.